The molecule has 4 nitrogen and oxygen atoms in total. The second-order valence-corrected chi connectivity index (χ2v) is 4.85. The van der Waals surface area contributed by atoms with Gasteiger partial charge in [0.05, 0.1) is 12.1 Å². The van der Waals surface area contributed by atoms with Gasteiger partial charge in [-0.1, -0.05) is 20.8 Å². The van der Waals surface area contributed by atoms with Crippen molar-refractivity contribution in [2.75, 3.05) is 19.7 Å². The Kier molecular flexibility index (Phi) is 7.39. The molecule has 0 atom stereocenters. The van der Waals surface area contributed by atoms with Crippen LogP contribution in [-0.2, 0) is 4.79 Å². The van der Waals surface area contributed by atoms with Crippen molar-refractivity contribution in [3.8, 4) is 0 Å². The first-order valence-electron chi connectivity index (χ1n) is 6.61. The Morgan fingerprint density at radius 2 is 1.82 bits per heavy atom. The smallest absolute Gasteiger partial charge is 0.242 e. The maximum Gasteiger partial charge on any atom is 0.242 e. The van der Waals surface area contributed by atoms with E-state index in [1.807, 2.05) is 25.7 Å². The highest BCUT2D eigenvalue weighted by atomic mass is 16.3. The molecule has 0 bridgehead atoms. The first-order chi connectivity index (χ1) is 7.94. The van der Waals surface area contributed by atoms with Crippen LogP contribution in [0.25, 0.3) is 0 Å². The minimum atomic E-state index is -0.563. The summed E-state index contributed by atoms with van der Waals surface area (Å²) < 4.78 is 0. The zero-order valence-electron chi connectivity index (χ0n) is 11.9. The molecule has 4 heteroatoms. The maximum absolute atomic E-state index is 12.5. The van der Waals surface area contributed by atoms with Crippen molar-refractivity contribution in [1.82, 2.24) is 10.2 Å². The summed E-state index contributed by atoms with van der Waals surface area (Å²) in [6, 6.07) is 0.215. The number of nitrogens with one attached hydrogen (secondary N) is 1. The molecule has 0 aliphatic heterocycles. The molecule has 0 fully saturated rings. The van der Waals surface area contributed by atoms with Gasteiger partial charge >= 0.3 is 0 Å². The number of aliphatic hydroxyl groups excluding tert-OH is 1. The minimum absolute atomic E-state index is 0.0183. The summed E-state index contributed by atoms with van der Waals surface area (Å²) in [5, 5.41) is 12.3. The predicted molar refractivity (Wildman–Crippen MR) is 70.9 cm³/mol. The summed E-state index contributed by atoms with van der Waals surface area (Å²) in [5.41, 5.74) is -0.563. The Labute approximate surface area is 105 Å². The van der Waals surface area contributed by atoms with Crippen LogP contribution >= 0.6 is 0 Å². The van der Waals surface area contributed by atoms with Crippen molar-refractivity contribution < 1.29 is 9.90 Å². The maximum atomic E-state index is 12.5. The molecule has 17 heavy (non-hydrogen) atoms. The SMILES string of the molecule is CCNC(C)(C)C(=O)N(CCO)C(CC)CC. The summed E-state index contributed by atoms with van der Waals surface area (Å²) in [6.45, 7) is 11.1. The molecule has 0 saturated heterocycles. The van der Waals surface area contributed by atoms with Crippen LogP contribution in [0.2, 0.25) is 0 Å². The van der Waals surface area contributed by atoms with Gasteiger partial charge < -0.3 is 15.3 Å². The highest BCUT2D eigenvalue weighted by Gasteiger charge is 2.33. The number of aliphatic hydroxyl groups is 1. The van der Waals surface area contributed by atoms with Crippen molar-refractivity contribution in [3.63, 3.8) is 0 Å². The number of rotatable bonds is 8. The monoisotopic (exact) mass is 244 g/mol. The van der Waals surface area contributed by atoms with Gasteiger partial charge in [0, 0.05) is 12.6 Å². The molecule has 1 amide bonds. The highest BCUT2D eigenvalue weighted by molar-refractivity contribution is 5.85. The fraction of sp³-hybridized carbons (Fsp3) is 0.923. The van der Waals surface area contributed by atoms with E-state index in [1.54, 1.807) is 0 Å². The molecule has 0 aromatic rings. The van der Waals surface area contributed by atoms with Crippen LogP contribution in [0.1, 0.15) is 47.5 Å². The van der Waals surface area contributed by atoms with Gasteiger partial charge in [-0.05, 0) is 33.2 Å². The largest absolute Gasteiger partial charge is 0.395 e. The highest BCUT2D eigenvalue weighted by Crippen LogP contribution is 2.15. The molecule has 102 valence electrons. The molecular formula is C13H28N2O2. The number of amides is 1. The quantitative estimate of drug-likeness (QED) is 0.678. The lowest BCUT2D eigenvalue weighted by Crippen LogP contribution is -2.57. The van der Waals surface area contributed by atoms with Gasteiger partial charge in [0.25, 0.3) is 0 Å². The number of carbonyl (C=O) groups is 1. The van der Waals surface area contributed by atoms with Crippen LogP contribution in [0, 0.1) is 0 Å². The molecule has 0 aromatic heterocycles. The number of nitrogens with zero attached hydrogens (tertiary/aromatic N) is 1. The lowest BCUT2D eigenvalue weighted by Gasteiger charge is -2.37. The number of hydrogen-bond donors (Lipinski definition) is 2. The van der Waals surface area contributed by atoms with Crippen molar-refractivity contribution in [2.24, 2.45) is 0 Å². The van der Waals surface area contributed by atoms with E-state index in [0.29, 0.717) is 6.54 Å². The Hall–Kier alpha value is -0.610. The van der Waals surface area contributed by atoms with Gasteiger partial charge in [-0.25, -0.2) is 0 Å². The molecular weight excluding hydrogens is 216 g/mol. The zero-order valence-corrected chi connectivity index (χ0v) is 11.9. The lowest BCUT2D eigenvalue weighted by atomic mass is 10.0. The molecule has 0 rings (SSSR count). The average Bonchev–Trinajstić information content (AvgIpc) is 2.28. The van der Waals surface area contributed by atoms with E-state index in [0.717, 1.165) is 19.4 Å². The van der Waals surface area contributed by atoms with Gasteiger partial charge in [-0.2, -0.15) is 0 Å². The van der Waals surface area contributed by atoms with Crippen LogP contribution in [-0.4, -0.2) is 47.2 Å². The van der Waals surface area contributed by atoms with Gasteiger partial charge in [-0.15, -0.1) is 0 Å². The van der Waals surface area contributed by atoms with Crippen LogP contribution in [0.5, 0.6) is 0 Å². The predicted octanol–water partition coefficient (Wildman–Crippen LogP) is 1.38. The van der Waals surface area contributed by atoms with Crippen LogP contribution in [0.4, 0.5) is 0 Å². The van der Waals surface area contributed by atoms with E-state index in [2.05, 4.69) is 19.2 Å². The third kappa shape index (κ3) is 4.64. The first-order valence-corrected chi connectivity index (χ1v) is 6.61. The molecule has 0 radical (unpaired) electrons. The summed E-state index contributed by atoms with van der Waals surface area (Å²) in [5.74, 6) is 0.0714. The van der Waals surface area contributed by atoms with Gasteiger partial charge in [0.1, 0.15) is 0 Å². The Balaban J connectivity index is 4.85. The van der Waals surface area contributed by atoms with E-state index < -0.39 is 5.54 Å². The van der Waals surface area contributed by atoms with Crippen LogP contribution < -0.4 is 5.32 Å². The second kappa shape index (κ2) is 7.67. The zero-order chi connectivity index (χ0) is 13.5. The Morgan fingerprint density at radius 1 is 1.29 bits per heavy atom. The summed E-state index contributed by atoms with van der Waals surface area (Å²) >= 11 is 0. The van der Waals surface area contributed by atoms with Gasteiger partial charge in [0.15, 0.2) is 0 Å². The molecule has 2 N–H and O–H groups in total. The molecule has 0 heterocycles. The standard InChI is InChI=1S/C13H28N2O2/c1-6-11(7-2)15(9-10-16)12(17)13(4,5)14-8-3/h11,14,16H,6-10H2,1-5H3. The van der Waals surface area contributed by atoms with Crippen molar-refractivity contribution in [3.05, 3.63) is 0 Å². The van der Waals surface area contributed by atoms with Crippen molar-refractivity contribution >= 4 is 5.91 Å². The lowest BCUT2D eigenvalue weighted by molar-refractivity contribution is -0.140. The first kappa shape index (κ1) is 16.4. The molecule has 0 aromatic carbocycles. The molecule has 0 unspecified atom stereocenters. The average molecular weight is 244 g/mol. The fourth-order valence-electron chi connectivity index (χ4n) is 2.16. The fourth-order valence-corrected chi connectivity index (χ4v) is 2.16. The third-order valence-electron chi connectivity index (χ3n) is 3.14. The van der Waals surface area contributed by atoms with Gasteiger partial charge in [-0.3, -0.25) is 4.79 Å². The molecule has 0 spiro atoms. The molecule has 0 saturated carbocycles. The normalized spacial score (nSPS) is 11.9. The topological polar surface area (TPSA) is 52.6 Å². The van der Waals surface area contributed by atoms with Gasteiger partial charge in [0.2, 0.25) is 5.91 Å². The molecule has 0 aliphatic rings. The van der Waals surface area contributed by atoms with Crippen molar-refractivity contribution in [2.45, 2.75) is 59.0 Å². The van der Waals surface area contributed by atoms with Crippen molar-refractivity contribution in [1.29, 1.82) is 0 Å². The Morgan fingerprint density at radius 3 is 2.18 bits per heavy atom. The van der Waals surface area contributed by atoms with E-state index in [1.165, 1.54) is 0 Å². The van der Waals surface area contributed by atoms with E-state index in [-0.39, 0.29) is 18.6 Å². The van der Waals surface area contributed by atoms with Crippen LogP contribution in [0.3, 0.4) is 0 Å². The Bertz CT molecular complexity index is 225. The third-order valence-corrected chi connectivity index (χ3v) is 3.14. The number of carbonyl (C=O) groups excluding carboxylic acids is 1. The van der Waals surface area contributed by atoms with Crippen LogP contribution in [0.15, 0.2) is 0 Å². The molecule has 0 aliphatic carbocycles. The van der Waals surface area contributed by atoms with E-state index in [9.17, 15) is 4.79 Å². The minimum Gasteiger partial charge on any atom is -0.395 e. The summed E-state index contributed by atoms with van der Waals surface area (Å²) in [7, 11) is 0. The second-order valence-electron chi connectivity index (χ2n) is 4.85. The number of likely N-dealkylation sites (N-methyl/N-ethyl adjacent to an activating group) is 1. The van der Waals surface area contributed by atoms with E-state index >= 15 is 0 Å². The summed E-state index contributed by atoms with van der Waals surface area (Å²) in [6.07, 6.45) is 1.84. The van der Waals surface area contributed by atoms with E-state index in [4.69, 9.17) is 5.11 Å². The number of hydrogen-bond acceptors (Lipinski definition) is 3. The summed E-state index contributed by atoms with van der Waals surface area (Å²) in [4.78, 5) is 14.3.